The minimum atomic E-state index is -0.203. The third kappa shape index (κ3) is 6.56. The van der Waals surface area contributed by atoms with Crippen LogP contribution in [0.1, 0.15) is 12.5 Å². The summed E-state index contributed by atoms with van der Waals surface area (Å²) >= 11 is 0. The van der Waals surface area contributed by atoms with Crippen molar-refractivity contribution in [3.05, 3.63) is 23.8 Å². The molecule has 1 aromatic rings. The number of nitrogens with zero attached hydrogens (tertiary/aromatic N) is 1. The normalized spacial score (nSPS) is 10.3. The Bertz CT molecular complexity index is 534. The van der Waals surface area contributed by atoms with E-state index in [1.165, 1.54) is 0 Å². The number of nitrogens with one attached hydrogen (secondary N) is 2. The molecule has 2 amide bonds. The summed E-state index contributed by atoms with van der Waals surface area (Å²) in [6, 6.07) is 5.56. The Kier molecular flexibility index (Phi) is 7.90. The molecule has 0 aliphatic rings. The summed E-state index contributed by atoms with van der Waals surface area (Å²) in [5.74, 6) is 1.03. The molecule has 23 heavy (non-hydrogen) atoms. The zero-order chi connectivity index (χ0) is 17.2. The second-order valence-electron chi connectivity index (χ2n) is 5.08. The lowest BCUT2D eigenvalue weighted by Gasteiger charge is -2.18. The standard InChI is InChI=1S/C16H25N3O4/c1-5-17-15(20)9-18-16(21)11-19(2)10-12-6-7-13(22-3)8-14(12)23-4/h6-8H,5,9-11H2,1-4H3,(H,17,20)(H,18,21). The van der Waals surface area contributed by atoms with E-state index in [1.54, 1.807) is 20.3 Å². The zero-order valence-electron chi connectivity index (χ0n) is 14.1. The van der Waals surface area contributed by atoms with Gasteiger partial charge in [-0.15, -0.1) is 0 Å². The van der Waals surface area contributed by atoms with Crippen molar-refractivity contribution in [3.8, 4) is 11.5 Å². The van der Waals surface area contributed by atoms with Crippen molar-refractivity contribution >= 4 is 11.8 Å². The van der Waals surface area contributed by atoms with Gasteiger partial charge < -0.3 is 20.1 Å². The number of hydrogen-bond donors (Lipinski definition) is 2. The fourth-order valence-electron chi connectivity index (χ4n) is 2.07. The molecule has 1 rings (SSSR count). The number of methoxy groups -OCH3 is 2. The van der Waals surface area contributed by atoms with E-state index >= 15 is 0 Å². The van der Waals surface area contributed by atoms with Crippen LogP contribution in [0.4, 0.5) is 0 Å². The smallest absolute Gasteiger partial charge is 0.239 e. The molecule has 0 aliphatic heterocycles. The third-order valence-electron chi connectivity index (χ3n) is 3.17. The van der Waals surface area contributed by atoms with E-state index in [4.69, 9.17) is 9.47 Å². The first-order valence-electron chi connectivity index (χ1n) is 7.43. The minimum absolute atomic E-state index is 0.00757. The first-order valence-corrected chi connectivity index (χ1v) is 7.43. The molecule has 7 nitrogen and oxygen atoms in total. The number of rotatable bonds is 9. The fraction of sp³-hybridized carbons (Fsp3) is 0.500. The van der Waals surface area contributed by atoms with Crippen LogP contribution in [0.3, 0.4) is 0 Å². The maximum atomic E-state index is 11.8. The molecule has 0 fully saturated rings. The van der Waals surface area contributed by atoms with Crippen LogP contribution < -0.4 is 20.1 Å². The predicted octanol–water partition coefficient (Wildman–Crippen LogP) is 0.388. The maximum Gasteiger partial charge on any atom is 0.239 e. The van der Waals surface area contributed by atoms with Gasteiger partial charge in [-0.3, -0.25) is 14.5 Å². The molecule has 128 valence electrons. The average molecular weight is 323 g/mol. The topological polar surface area (TPSA) is 79.9 Å². The molecule has 0 spiro atoms. The second-order valence-corrected chi connectivity index (χ2v) is 5.08. The van der Waals surface area contributed by atoms with Gasteiger partial charge in [0.05, 0.1) is 27.3 Å². The summed E-state index contributed by atoms with van der Waals surface area (Å²) in [4.78, 5) is 25.0. The van der Waals surface area contributed by atoms with Crippen LogP contribution in [0.5, 0.6) is 11.5 Å². The molecule has 0 saturated heterocycles. The summed E-state index contributed by atoms with van der Waals surface area (Å²) in [5, 5.41) is 5.21. The van der Waals surface area contributed by atoms with Crippen molar-refractivity contribution in [2.24, 2.45) is 0 Å². The lowest BCUT2D eigenvalue weighted by atomic mass is 10.2. The first-order chi connectivity index (χ1) is 11.0. The molecule has 0 saturated carbocycles. The fourth-order valence-corrected chi connectivity index (χ4v) is 2.07. The molecule has 0 aromatic heterocycles. The lowest BCUT2D eigenvalue weighted by molar-refractivity contribution is -0.126. The van der Waals surface area contributed by atoms with Gasteiger partial charge in [-0.1, -0.05) is 6.07 Å². The Morgan fingerprint density at radius 3 is 2.48 bits per heavy atom. The Morgan fingerprint density at radius 2 is 1.87 bits per heavy atom. The molecule has 7 heteroatoms. The van der Waals surface area contributed by atoms with Crippen molar-refractivity contribution in [3.63, 3.8) is 0 Å². The van der Waals surface area contributed by atoms with Crippen LogP contribution in [0.2, 0.25) is 0 Å². The van der Waals surface area contributed by atoms with Gasteiger partial charge in [-0.2, -0.15) is 0 Å². The number of hydrogen-bond acceptors (Lipinski definition) is 5. The van der Waals surface area contributed by atoms with Gasteiger partial charge in [0.25, 0.3) is 0 Å². The third-order valence-corrected chi connectivity index (χ3v) is 3.17. The molecule has 0 atom stereocenters. The Morgan fingerprint density at radius 1 is 1.13 bits per heavy atom. The van der Waals surface area contributed by atoms with Crippen molar-refractivity contribution < 1.29 is 19.1 Å². The highest BCUT2D eigenvalue weighted by molar-refractivity contribution is 5.85. The van der Waals surface area contributed by atoms with Crippen LogP contribution in [-0.4, -0.2) is 57.6 Å². The van der Waals surface area contributed by atoms with Crippen molar-refractivity contribution in [1.29, 1.82) is 0 Å². The van der Waals surface area contributed by atoms with Gasteiger partial charge >= 0.3 is 0 Å². The molecule has 0 heterocycles. The van der Waals surface area contributed by atoms with E-state index in [1.807, 2.05) is 31.0 Å². The van der Waals surface area contributed by atoms with E-state index in [-0.39, 0.29) is 24.9 Å². The molecule has 0 radical (unpaired) electrons. The Hall–Kier alpha value is -2.28. The molecular weight excluding hydrogens is 298 g/mol. The number of carbonyl (C=O) groups is 2. The summed E-state index contributed by atoms with van der Waals surface area (Å²) in [5.41, 5.74) is 0.951. The molecule has 2 N–H and O–H groups in total. The highest BCUT2D eigenvalue weighted by Crippen LogP contribution is 2.25. The van der Waals surface area contributed by atoms with Crippen molar-refractivity contribution in [2.45, 2.75) is 13.5 Å². The maximum absolute atomic E-state index is 11.8. The largest absolute Gasteiger partial charge is 0.497 e. The number of benzene rings is 1. The Balaban J connectivity index is 2.51. The molecular formula is C16H25N3O4. The first kappa shape index (κ1) is 18.8. The summed E-state index contributed by atoms with van der Waals surface area (Å²) in [7, 11) is 5.02. The van der Waals surface area contributed by atoms with E-state index in [0.717, 1.165) is 5.56 Å². The predicted molar refractivity (Wildman–Crippen MR) is 87.6 cm³/mol. The average Bonchev–Trinajstić information content (AvgIpc) is 2.53. The van der Waals surface area contributed by atoms with Crippen LogP contribution in [0, 0.1) is 0 Å². The van der Waals surface area contributed by atoms with Crippen LogP contribution in [0.25, 0.3) is 0 Å². The van der Waals surface area contributed by atoms with Crippen molar-refractivity contribution in [1.82, 2.24) is 15.5 Å². The summed E-state index contributed by atoms with van der Waals surface area (Å²) in [6.07, 6.45) is 0. The second kappa shape index (κ2) is 9.68. The van der Waals surface area contributed by atoms with Crippen LogP contribution >= 0.6 is 0 Å². The van der Waals surface area contributed by atoms with E-state index in [0.29, 0.717) is 24.6 Å². The summed E-state index contributed by atoms with van der Waals surface area (Å²) in [6.45, 7) is 3.10. The molecule has 1 aromatic carbocycles. The lowest BCUT2D eigenvalue weighted by Crippen LogP contribution is -2.41. The molecule has 0 unspecified atom stereocenters. The zero-order valence-corrected chi connectivity index (χ0v) is 14.1. The number of ether oxygens (including phenoxy) is 2. The number of amides is 2. The number of carbonyl (C=O) groups excluding carboxylic acids is 2. The van der Waals surface area contributed by atoms with E-state index < -0.39 is 0 Å². The van der Waals surface area contributed by atoms with Gasteiger partial charge in [-0.25, -0.2) is 0 Å². The van der Waals surface area contributed by atoms with Gasteiger partial charge in [0.2, 0.25) is 11.8 Å². The van der Waals surface area contributed by atoms with E-state index in [9.17, 15) is 9.59 Å². The molecule has 0 aliphatic carbocycles. The number of likely N-dealkylation sites (N-methyl/N-ethyl adjacent to an activating group) is 2. The minimum Gasteiger partial charge on any atom is -0.497 e. The van der Waals surface area contributed by atoms with Crippen LogP contribution in [-0.2, 0) is 16.1 Å². The molecule has 0 bridgehead atoms. The van der Waals surface area contributed by atoms with Crippen molar-refractivity contribution in [2.75, 3.05) is 40.9 Å². The van der Waals surface area contributed by atoms with Crippen LogP contribution in [0.15, 0.2) is 18.2 Å². The van der Waals surface area contributed by atoms with Gasteiger partial charge in [-0.05, 0) is 20.0 Å². The SMILES string of the molecule is CCNC(=O)CNC(=O)CN(C)Cc1ccc(OC)cc1OC. The van der Waals surface area contributed by atoms with Gasteiger partial charge in [0.1, 0.15) is 11.5 Å². The quantitative estimate of drug-likeness (QED) is 0.687. The highest BCUT2D eigenvalue weighted by atomic mass is 16.5. The Labute approximate surface area is 136 Å². The summed E-state index contributed by atoms with van der Waals surface area (Å²) < 4.78 is 10.5. The van der Waals surface area contributed by atoms with Gasteiger partial charge in [0.15, 0.2) is 0 Å². The monoisotopic (exact) mass is 323 g/mol. The van der Waals surface area contributed by atoms with E-state index in [2.05, 4.69) is 10.6 Å². The van der Waals surface area contributed by atoms with Gasteiger partial charge in [0, 0.05) is 24.7 Å². The highest BCUT2D eigenvalue weighted by Gasteiger charge is 2.11.